The Hall–Kier alpha value is -1.31. The van der Waals surface area contributed by atoms with Crippen LogP contribution in [-0.2, 0) is 6.54 Å². The molecule has 0 spiro atoms. The number of allylic oxidation sites excluding steroid dienone is 1. The van der Waals surface area contributed by atoms with E-state index in [1.165, 1.54) is 0 Å². The zero-order chi connectivity index (χ0) is 8.81. The fourth-order valence-electron chi connectivity index (χ4n) is 1.00. The minimum absolute atomic E-state index is 0.958. The zero-order valence-corrected chi connectivity index (χ0v) is 7.24. The Balaban J connectivity index is 2.41. The molecular formula is C10H14N2. The van der Waals surface area contributed by atoms with E-state index < -0.39 is 0 Å². The first kappa shape index (κ1) is 8.78. The molecule has 64 valence electrons. The maximum atomic E-state index is 4.17. The number of aromatic nitrogens is 2. The average Bonchev–Trinajstić information content (AvgIpc) is 2.53. The SMILES string of the molecule is C=CCCCn1cc(C=C)cn1. The van der Waals surface area contributed by atoms with Crippen molar-refractivity contribution in [3.63, 3.8) is 0 Å². The summed E-state index contributed by atoms with van der Waals surface area (Å²) in [5, 5.41) is 4.17. The number of aryl methyl sites for hydroxylation is 1. The lowest BCUT2D eigenvalue weighted by Gasteiger charge is -1.96. The van der Waals surface area contributed by atoms with Crippen LogP contribution in [0.15, 0.2) is 31.6 Å². The van der Waals surface area contributed by atoms with Crippen LogP contribution in [0, 0.1) is 0 Å². The van der Waals surface area contributed by atoms with E-state index in [2.05, 4.69) is 18.3 Å². The first-order valence-electron chi connectivity index (χ1n) is 4.12. The van der Waals surface area contributed by atoms with E-state index in [-0.39, 0.29) is 0 Å². The molecule has 0 aliphatic carbocycles. The highest BCUT2D eigenvalue weighted by molar-refractivity contribution is 5.43. The van der Waals surface area contributed by atoms with Gasteiger partial charge in [0.2, 0.25) is 0 Å². The molecule has 1 aromatic rings. The standard InChI is InChI=1S/C10H14N2/c1-3-5-6-7-12-9-10(4-2)8-11-12/h3-4,8-9H,1-2,5-7H2. The van der Waals surface area contributed by atoms with E-state index in [1.54, 1.807) is 6.08 Å². The Morgan fingerprint density at radius 3 is 2.92 bits per heavy atom. The lowest BCUT2D eigenvalue weighted by molar-refractivity contribution is 0.584. The van der Waals surface area contributed by atoms with Gasteiger partial charge in [0.15, 0.2) is 0 Å². The minimum atomic E-state index is 0.958. The van der Waals surface area contributed by atoms with Gasteiger partial charge in [-0.25, -0.2) is 0 Å². The molecule has 1 aromatic heterocycles. The first-order chi connectivity index (χ1) is 5.86. The molecule has 0 saturated carbocycles. The van der Waals surface area contributed by atoms with Crippen LogP contribution in [0.5, 0.6) is 0 Å². The summed E-state index contributed by atoms with van der Waals surface area (Å²) in [6.07, 6.45) is 9.69. The van der Waals surface area contributed by atoms with Crippen molar-refractivity contribution in [2.24, 2.45) is 0 Å². The molecule has 0 radical (unpaired) electrons. The maximum Gasteiger partial charge on any atom is 0.0562 e. The smallest absolute Gasteiger partial charge is 0.0562 e. The summed E-state index contributed by atoms with van der Waals surface area (Å²) in [7, 11) is 0. The molecule has 12 heavy (non-hydrogen) atoms. The second kappa shape index (κ2) is 4.54. The van der Waals surface area contributed by atoms with Gasteiger partial charge in [0, 0.05) is 18.3 Å². The molecule has 2 heteroatoms. The number of nitrogens with zero attached hydrogens (tertiary/aromatic N) is 2. The summed E-state index contributed by atoms with van der Waals surface area (Å²) in [4.78, 5) is 0. The molecule has 0 bridgehead atoms. The van der Waals surface area contributed by atoms with Crippen LogP contribution < -0.4 is 0 Å². The Morgan fingerprint density at radius 2 is 2.33 bits per heavy atom. The predicted octanol–water partition coefficient (Wildman–Crippen LogP) is 2.49. The molecule has 1 rings (SSSR count). The van der Waals surface area contributed by atoms with Crippen molar-refractivity contribution >= 4 is 6.08 Å². The molecule has 0 atom stereocenters. The summed E-state index contributed by atoms with van der Waals surface area (Å²) in [5.41, 5.74) is 1.08. The van der Waals surface area contributed by atoms with Crippen molar-refractivity contribution in [2.45, 2.75) is 19.4 Å². The van der Waals surface area contributed by atoms with Gasteiger partial charge in [-0.3, -0.25) is 4.68 Å². The highest BCUT2D eigenvalue weighted by Crippen LogP contribution is 2.00. The van der Waals surface area contributed by atoms with Crippen molar-refractivity contribution in [1.82, 2.24) is 9.78 Å². The second-order valence-electron chi connectivity index (χ2n) is 2.67. The first-order valence-corrected chi connectivity index (χ1v) is 4.12. The normalized spacial score (nSPS) is 9.67. The number of hydrogen-bond donors (Lipinski definition) is 0. The van der Waals surface area contributed by atoms with E-state index in [9.17, 15) is 0 Å². The number of hydrogen-bond acceptors (Lipinski definition) is 1. The van der Waals surface area contributed by atoms with Crippen LogP contribution in [0.3, 0.4) is 0 Å². The fourth-order valence-corrected chi connectivity index (χ4v) is 1.00. The van der Waals surface area contributed by atoms with Crippen molar-refractivity contribution in [2.75, 3.05) is 0 Å². The molecule has 0 amide bonds. The molecule has 0 N–H and O–H groups in total. The van der Waals surface area contributed by atoms with Gasteiger partial charge in [0.1, 0.15) is 0 Å². The van der Waals surface area contributed by atoms with Crippen molar-refractivity contribution in [1.29, 1.82) is 0 Å². The lowest BCUT2D eigenvalue weighted by atomic mass is 10.3. The molecule has 0 aliphatic heterocycles. The molecule has 2 nitrogen and oxygen atoms in total. The molecule has 1 heterocycles. The number of rotatable bonds is 5. The predicted molar refractivity (Wildman–Crippen MR) is 51.7 cm³/mol. The van der Waals surface area contributed by atoms with Gasteiger partial charge in [-0.05, 0) is 12.8 Å². The van der Waals surface area contributed by atoms with E-state index in [4.69, 9.17) is 0 Å². The van der Waals surface area contributed by atoms with Crippen molar-refractivity contribution < 1.29 is 0 Å². The lowest BCUT2D eigenvalue weighted by Crippen LogP contribution is -1.96. The van der Waals surface area contributed by atoms with Gasteiger partial charge in [-0.2, -0.15) is 5.10 Å². The van der Waals surface area contributed by atoms with Crippen molar-refractivity contribution in [3.8, 4) is 0 Å². The Morgan fingerprint density at radius 1 is 1.50 bits per heavy atom. The van der Waals surface area contributed by atoms with Gasteiger partial charge in [0.05, 0.1) is 6.20 Å². The Kier molecular flexibility index (Phi) is 3.33. The van der Waals surface area contributed by atoms with Gasteiger partial charge >= 0.3 is 0 Å². The van der Waals surface area contributed by atoms with E-state index in [0.717, 1.165) is 24.9 Å². The number of unbranched alkanes of at least 4 members (excludes halogenated alkanes) is 1. The molecular weight excluding hydrogens is 148 g/mol. The maximum absolute atomic E-state index is 4.17. The molecule has 0 fully saturated rings. The molecule has 0 unspecified atom stereocenters. The average molecular weight is 162 g/mol. The van der Waals surface area contributed by atoms with E-state index >= 15 is 0 Å². The van der Waals surface area contributed by atoms with Crippen LogP contribution in [0.2, 0.25) is 0 Å². The van der Waals surface area contributed by atoms with Crippen LogP contribution >= 0.6 is 0 Å². The fraction of sp³-hybridized carbons (Fsp3) is 0.300. The van der Waals surface area contributed by atoms with Gasteiger partial charge in [-0.15, -0.1) is 6.58 Å². The van der Waals surface area contributed by atoms with Crippen LogP contribution in [0.1, 0.15) is 18.4 Å². The Labute approximate surface area is 73.2 Å². The summed E-state index contributed by atoms with van der Waals surface area (Å²) < 4.78 is 1.93. The van der Waals surface area contributed by atoms with Crippen LogP contribution in [0.4, 0.5) is 0 Å². The van der Waals surface area contributed by atoms with Crippen LogP contribution in [-0.4, -0.2) is 9.78 Å². The third-order valence-corrected chi connectivity index (χ3v) is 1.68. The van der Waals surface area contributed by atoms with Crippen molar-refractivity contribution in [3.05, 3.63) is 37.2 Å². The molecule has 0 saturated heterocycles. The highest BCUT2D eigenvalue weighted by Gasteiger charge is 1.92. The zero-order valence-electron chi connectivity index (χ0n) is 7.24. The van der Waals surface area contributed by atoms with Gasteiger partial charge in [-0.1, -0.05) is 18.7 Å². The summed E-state index contributed by atoms with van der Waals surface area (Å²) in [6, 6.07) is 0. The quantitative estimate of drug-likeness (QED) is 0.480. The second-order valence-corrected chi connectivity index (χ2v) is 2.67. The summed E-state index contributed by atoms with van der Waals surface area (Å²) in [5.74, 6) is 0. The largest absolute Gasteiger partial charge is 0.272 e. The van der Waals surface area contributed by atoms with Crippen LogP contribution in [0.25, 0.3) is 6.08 Å². The Bertz CT molecular complexity index is 261. The highest BCUT2D eigenvalue weighted by atomic mass is 15.3. The molecule has 0 aliphatic rings. The van der Waals surface area contributed by atoms with E-state index in [1.807, 2.05) is 23.2 Å². The summed E-state index contributed by atoms with van der Waals surface area (Å²) in [6.45, 7) is 8.30. The topological polar surface area (TPSA) is 17.8 Å². The van der Waals surface area contributed by atoms with E-state index in [0.29, 0.717) is 0 Å². The monoisotopic (exact) mass is 162 g/mol. The van der Waals surface area contributed by atoms with Gasteiger partial charge < -0.3 is 0 Å². The summed E-state index contributed by atoms with van der Waals surface area (Å²) >= 11 is 0. The minimum Gasteiger partial charge on any atom is -0.272 e. The third-order valence-electron chi connectivity index (χ3n) is 1.68. The third kappa shape index (κ3) is 2.38. The van der Waals surface area contributed by atoms with Gasteiger partial charge in [0.25, 0.3) is 0 Å². The molecule has 0 aromatic carbocycles.